The Morgan fingerprint density at radius 2 is 2.05 bits per heavy atom. The Labute approximate surface area is 119 Å². The van der Waals surface area contributed by atoms with E-state index in [0.29, 0.717) is 18.7 Å². The van der Waals surface area contributed by atoms with Crippen molar-refractivity contribution in [3.8, 4) is 0 Å². The van der Waals surface area contributed by atoms with E-state index in [2.05, 4.69) is 0 Å². The first-order chi connectivity index (χ1) is 9.54. The van der Waals surface area contributed by atoms with E-state index in [4.69, 9.17) is 5.73 Å². The van der Waals surface area contributed by atoms with Crippen molar-refractivity contribution in [2.24, 2.45) is 5.73 Å². The molecule has 2 unspecified atom stereocenters. The quantitative estimate of drug-likeness (QED) is 0.906. The van der Waals surface area contributed by atoms with Gasteiger partial charge < -0.3 is 10.6 Å². The summed E-state index contributed by atoms with van der Waals surface area (Å²) in [6.45, 7) is 3.65. The van der Waals surface area contributed by atoms with Gasteiger partial charge in [0.05, 0.1) is 12.6 Å². The maximum absolute atomic E-state index is 14.1. The van der Waals surface area contributed by atoms with E-state index in [1.807, 2.05) is 17.9 Å². The molecule has 2 rings (SSSR count). The second-order valence-corrected chi connectivity index (χ2v) is 5.32. The van der Waals surface area contributed by atoms with Crippen molar-refractivity contribution in [2.45, 2.75) is 25.4 Å². The SMILES string of the molecule is CCC(N)C(c1ccccc1F)N1CCN(C)C(=O)C1. The van der Waals surface area contributed by atoms with E-state index in [-0.39, 0.29) is 23.8 Å². The second-order valence-electron chi connectivity index (χ2n) is 5.32. The number of rotatable bonds is 4. The molecule has 1 aliphatic rings. The minimum atomic E-state index is -0.257. The maximum atomic E-state index is 14.1. The van der Waals surface area contributed by atoms with Crippen molar-refractivity contribution < 1.29 is 9.18 Å². The minimum Gasteiger partial charge on any atom is -0.343 e. The fourth-order valence-corrected chi connectivity index (χ4v) is 2.65. The summed E-state index contributed by atoms with van der Waals surface area (Å²) in [6.07, 6.45) is 0.736. The molecule has 0 aromatic heterocycles. The monoisotopic (exact) mass is 279 g/mol. The lowest BCUT2D eigenvalue weighted by Crippen LogP contribution is -2.53. The molecule has 1 amide bonds. The molecule has 1 aromatic carbocycles. The second kappa shape index (κ2) is 6.33. The smallest absolute Gasteiger partial charge is 0.236 e. The van der Waals surface area contributed by atoms with Crippen LogP contribution in [0.4, 0.5) is 4.39 Å². The zero-order valence-electron chi connectivity index (χ0n) is 12.1. The number of benzene rings is 1. The third kappa shape index (κ3) is 2.99. The lowest BCUT2D eigenvalue weighted by molar-refractivity contribution is -0.135. The highest BCUT2D eigenvalue weighted by molar-refractivity contribution is 5.78. The summed E-state index contributed by atoms with van der Waals surface area (Å²) in [7, 11) is 1.79. The van der Waals surface area contributed by atoms with Crippen LogP contribution >= 0.6 is 0 Å². The highest BCUT2D eigenvalue weighted by Gasteiger charge is 2.32. The summed E-state index contributed by atoms with van der Waals surface area (Å²) in [4.78, 5) is 15.6. The number of likely N-dealkylation sites (N-methyl/N-ethyl adjacent to an activating group) is 1. The molecule has 1 saturated heterocycles. The molecular weight excluding hydrogens is 257 g/mol. The van der Waals surface area contributed by atoms with E-state index in [1.54, 1.807) is 24.1 Å². The van der Waals surface area contributed by atoms with Crippen LogP contribution in [0.3, 0.4) is 0 Å². The predicted molar refractivity (Wildman–Crippen MR) is 76.6 cm³/mol. The first-order valence-electron chi connectivity index (χ1n) is 7.02. The number of hydrogen-bond donors (Lipinski definition) is 1. The summed E-state index contributed by atoms with van der Waals surface area (Å²) in [6, 6.07) is 6.25. The van der Waals surface area contributed by atoms with Crippen molar-refractivity contribution in [1.82, 2.24) is 9.80 Å². The molecule has 20 heavy (non-hydrogen) atoms. The Morgan fingerprint density at radius 1 is 1.35 bits per heavy atom. The topological polar surface area (TPSA) is 49.6 Å². The van der Waals surface area contributed by atoms with Crippen LogP contribution in [-0.4, -0.2) is 48.4 Å². The highest BCUT2D eigenvalue weighted by atomic mass is 19.1. The Kier molecular flexibility index (Phi) is 4.73. The van der Waals surface area contributed by atoms with Gasteiger partial charge >= 0.3 is 0 Å². The number of nitrogens with zero attached hydrogens (tertiary/aromatic N) is 2. The fraction of sp³-hybridized carbons (Fsp3) is 0.533. The van der Waals surface area contributed by atoms with Gasteiger partial charge in [-0.05, 0) is 12.5 Å². The number of carbonyl (C=O) groups is 1. The van der Waals surface area contributed by atoms with E-state index < -0.39 is 0 Å². The first kappa shape index (κ1) is 14.9. The number of carbonyl (C=O) groups excluding carboxylic acids is 1. The van der Waals surface area contributed by atoms with Crippen molar-refractivity contribution in [2.75, 3.05) is 26.7 Å². The first-order valence-corrected chi connectivity index (χ1v) is 7.02. The van der Waals surface area contributed by atoms with Crippen LogP contribution in [0.5, 0.6) is 0 Å². The summed E-state index contributed by atoms with van der Waals surface area (Å²) in [5.41, 5.74) is 6.78. The fourth-order valence-electron chi connectivity index (χ4n) is 2.65. The average Bonchev–Trinajstić information content (AvgIpc) is 2.44. The van der Waals surface area contributed by atoms with Gasteiger partial charge in [-0.3, -0.25) is 9.69 Å². The predicted octanol–water partition coefficient (Wildman–Crippen LogP) is 1.38. The Hall–Kier alpha value is -1.46. The molecule has 2 atom stereocenters. The van der Waals surface area contributed by atoms with Crippen LogP contribution in [-0.2, 0) is 4.79 Å². The van der Waals surface area contributed by atoms with Gasteiger partial charge in [0.2, 0.25) is 5.91 Å². The third-order valence-electron chi connectivity index (χ3n) is 3.98. The van der Waals surface area contributed by atoms with E-state index >= 15 is 0 Å². The van der Waals surface area contributed by atoms with Crippen LogP contribution in [0.15, 0.2) is 24.3 Å². The molecule has 1 heterocycles. The van der Waals surface area contributed by atoms with Crippen molar-refractivity contribution in [3.05, 3.63) is 35.6 Å². The number of amides is 1. The van der Waals surface area contributed by atoms with Gasteiger partial charge in [-0.15, -0.1) is 0 Å². The molecule has 2 N–H and O–H groups in total. The zero-order valence-corrected chi connectivity index (χ0v) is 12.1. The largest absolute Gasteiger partial charge is 0.343 e. The third-order valence-corrected chi connectivity index (χ3v) is 3.98. The van der Waals surface area contributed by atoms with Crippen LogP contribution in [0.1, 0.15) is 24.9 Å². The summed E-state index contributed by atoms with van der Waals surface area (Å²) in [5.74, 6) is -0.200. The minimum absolute atomic E-state index is 0.0564. The summed E-state index contributed by atoms with van der Waals surface area (Å²) < 4.78 is 14.1. The molecule has 5 heteroatoms. The molecular formula is C15H22FN3O. The van der Waals surface area contributed by atoms with Crippen LogP contribution < -0.4 is 5.73 Å². The standard InChI is InChI=1S/C15H22FN3O/c1-3-13(17)15(11-6-4-5-7-12(11)16)19-9-8-18(2)14(20)10-19/h4-7,13,15H,3,8-10,17H2,1-2H3. The number of halogens is 1. The van der Waals surface area contributed by atoms with Crippen LogP contribution in [0.25, 0.3) is 0 Å². The van der Waals surface area contributed by atoms with Crippen LogP contribution in [0.2, 0.25) is 0 Å². The van der Waals surface area contributed by atoms with Gasteiger partial charge in [0, 0.05) is 31.7 Å². The molecule has 0 bridgehead atoms. The van der Waals surface area contributed by atoms with Crippen molar-refractivity contribution >= 4 is 5.91 Å². The van der Waals surface area contributed by atoms with Gasteiger partial charge in [-0.1, -0.05) is 25.1 Å². The average molecular weight is 279 g/mol. The zero-order chi connectivity index (χ0) is 14.7. The van der Waals surface area contributed by atoms with Gasteiger partial charge in [-0.2, -0.15) is 0 Å². The molecule has 1 aromatic rings. The Balaban J connectivity index is 2.29. The van der Waals surface area contributed by atoms with E-state index in [1.165, 1.54) is 6.07 Å². The lowest BCUT2D eigenvalue weighted by Gasteiger charge is -2.40. The number of nitrogens with two attached hydrogens (primary N) is 1. The normalized spacial score (nSPS) is 20.0. The maximum Gasteiger partial charge on any atom is 0.236 e. The van der Waals surface area contributed by atoms with Gasteiger partial charge in [0.15, 0.2) is 0 Å². The molecule has 4 nitrogen and oxygen atoms in total. The molecule has 1 aliphatic heterocycles. The van der Waals surface area contributed by atoms with Gasteiger partial charge in [0.1, 0.15) is 5.82 Å². The molecule has 0 spiro atoms. The highest BCUT2D eigenvalue weighted by Crippen LogP contribution is 2.28. The van der Waals surface area contributed by atoms with Gasteiger partial charge in [-0.25, -0.2) is 4.39 Å². The number of hydrogen-bond acceptors (Lipinski definition) is 3. The van der Waals surface area contributed by atoms with E-state index in [0.717, 1.165) is 13.0 Å². The Bertz CT molecular complexity index is 480. The summed E-state index contributed by atoms with van der Waals surface area (Å²) >= 11 is 0. The molecule has 0 aliphatic carbocycles. The Morgan fingerprint density at radius 3 is 2.65 bits per heavy atom. The number of piperazine rings is 1. The van der Waals surface area contributed by atoms with Crippen molar-refractivity contribution in [3.63, 3.8) is 0 Å². The molecule has 110 valence electrons. The van der Waals surface area contributed by atoms with Gasteiger partial charge in [0.25, 0.3) is 0 Å². The van der Waals surface area contributed by atoms with Crippen LogP contribution in [0, 0.1) is 5.82 Å². The summed E-state index contributed by atoms with van der Waals surface area (Å²) in [5, 5.41) is 0. The lowest BCUT2D eigenvalue weighted by atomic mass is 9.95. The molecule has 0 saturated carbocycles. The molecule has 1 fully saturated rings. The molecule has 0 radical (unpaired) electrons. The van der Waals surface area contributed by atoms with Crippen molar-refractivity contribution in [1.29, 1.82) is 0 Å². The van der Waals surface area contributed by atoms with E-state index in [9.17, 15) is 9.18 Å².